The number of rotatable bonds is 6. The second-order valence-electron chi connectivity index (χ2n) is 5.97. The van der Waals surface area contributed by atoms with E-state index in [1.807, 2.05) is 22.0 Å². The fraction of sp³-hybridized carbons (Fsp3) is 0.471. The van der Waals surface area contributed by atoms with Gasteiger partial charge in [-0.05, 0) is 30.7 Å². The van der Waals surface area contributed by atoms with Crippen molar-refractivity contribution in [1.82, 2.24) is 14.8 Å². The van der Waals surface area contributed by atoms with E-state index in [2.05, 4.69) is 29.1 Å². The minimum Gasteiger partial charge on any atom is -0.468 e. The maximum atomic E-state index is 11.4. The SMILES string of the molecule is C=CCn1c(SCC(=O)OC)nnc1-c1csc2c1CC[C@H](C)C2. The van der Waals surface area contributed by atoms with Crippen molar-refractivity contribution >= 4 is 29.1 Å². The summed E-state index contributed by atoms with van der Waals surface area (Å²) in [4.78, 5) is 12.9. The van der Waals surface area contributed by atoms with Crippen LogP contribution in [0.1, 0.15) is 23.8 Å². The van der Waals surface area contributed by atoms with Crippen molar-refractivity contribution in [3.05, 3.63) is 28.5 Å². The third-order valence-electron chi connectivity index (χ3n) is 4.22. The highest BCUT2D eigenvalue weighted by Gasteiger charge is 2.24. The van der Waals surface area contributed by atoms with Gasteiger partial charge in [-0.15, -0.1) is 28.1 Å². The van der Waals surface area contributed by atoms with Crippen molar-refractivity contribution < 1.29 is 9.53 Å². The number of methoxy groups -OCH3 is 1. The summed E-state index contributed by atoms with van der Waals surface area (Å²) in [6.45, 7) is 6.76. The van der Waals surface area contributed by atoms with E-state index in [4.69, 9.17) is 4.74 Å². The lowest BCUT2D eigenvalue weighted by Crippen LogP contribution is -2.10. The van der Waals surface area contributed by atoms with Crippen molar-refractivity contribution in [3.8, 4) is 11.4 Å². The quantitative estimate of drug-likeness (QED) is 0.446. The number of esters is 1. The molecule has 2 heterocycles. The van der Waals surface area contributed by atoms with Gasteiger partial charge in [0.2, 0.25) is 0 Å². The maximum Gasteiger partial charge on any atom is 0.316 e. The third kappa shape index (κ3) is 3.42. The van der Waals surface area contributed by atoms with Gasteiger partial charge in [0.25, 0.3) is 0 Å². The molecule has 3 rings (SSSR count). The van der Waals surface area contributed by atoms with Crippen molar-refractivity contribution in [1.29, 1.82) is 0 Å². The normalized spacial score (nSPS) is 16.7. The highest BCUT2D eigenvalue weighted by Crippen LogP contribution is 2.38. The molecule has 0 aliphatic heterocycles. The summed E-state index contributed by atoms with van der Waals surface area (Å²) < 4.78 is 6.73. The van der Waals surface area contributed by atoms with Gasteiger partial charge in [0, 0.05) is 22.4 Å². The molecule has 1 aliphatic rings. The molecule has 0 bridgehead atoms. The van der Waals surface area contributed by atoms with Crippen molar-refractivity contribution in [2.45, 2.75) is 37.9 Å². The molecule has 0 aromatic carbocycles. The van der Waals surface area contributed by atoms with Gasteiger partial charge in [0.1, 0.15) is 0 Å². The van der Waals surface area contributed by atoms with Crippen LogP contribution in [-0.2, 0) is 28.9 Å². The van der Waals surface area contributed by atoms with Gasteiger partial charge in [-0.1, -0.05) is 24.8 Å². The number of hydrogen-bond acceptors (Lipinski definition) is 6. The Kier molecular flexibility index (Phi) is 5.40. The molecule has 5 nitrogen and oxygen atoms in total. The van der Waals surface area contributed by atoms with Crippen molar-refractivity contribution in [2.75, 3.05) is 12.9 Å². The average Bonchev–Trinajstić information content (AvgIpc) is 3.16. The van der Waals surface area contributed by atoms with E-state index < -0.39 is 0 Å². The Labute approximate surface area is 150 Å². The van der Waals surface area contributed by atoms with Crippen LogP contribution in [-0.4, -0.2) is 33.6 Å². The number of ether oxygens (including phenoxy) is 1. The summed E-state index contributed by atoms with van der Waals surface area (Å²) in [5.41, 5.74) is 2.60. The monoisotopic (exact) mass is 363 g/mol. The van der Waals surface area contributed by atoms with Gasteiger partial charge in [0.15, 0.2) is 11.0 Å². The van der Waals surface area contributed by atoms with E-state index in [1.165, 1.54) is 41.3 Å². The summed E-state index contributed by atoms with van der Waals surface area (Å²) in [5.74, 6) is 1.58. The van der Waals surface area contributed by atoms with Crippen LogP contribution >= 0.6 is 23.1 Å². The molecule has 128 valence electrons. The van der Waals surface area contributed by atoms with Crippen LogP contribution in [0.15, 0.2) is 23.2 Å². The largest absolute Gasteiger partial charge is 0.468 e. The van der Waals surface area contributed by atoms with Crippen molar-refractivity contribution in [3.63, 3.8) is 0 Å². The molecule has 0 saturated heterocycles. The summed E-state index contributed by atoms with van der Waals surface area (Å²) in [6.07, 6.45) is 5.30. The molecule has 1 aliphatic carbocycles. The van der Waals surface area contributed by atoms with E-state index in [1.54, 1.807) is 0 Å². The van der Waals surface area contributed by atoms with Crippen LogP contribution in [0.25, 0.3) is 11.4 Å². The zero-order valence-electron chi connectivity index (χ0n) is 13.9. The van der Waals surface area contributed by atoms with Gasteiger partial charge >= 0.3 is 5.97 Å². The summed E-state index contributed by atoms with van der Waals surface area (Å²) in [5, 5.41) is 11.6. The second kappa shape index (κ2) is 7.53. The molecular weight excluding hydrogens is 342 g/mol. The molecule has 7 heteroatoms. The fourth-order valence-corrected chi connectivity index (χ4v) is 4.96. The van der Waals surface area contributed by atoms with Gasteiger partial charge in [0.05, 0.1) is 12.9 Å². The summed E-state index contributed by atoms with van der Waals surface area (Å²) >= 11 is 3.17. The maximum absolute atomic E-state index is 11.4. The number of carbonyl (C=O) groups excluding carboxylic acids is 1. The number of aromatic nitrogens is 3. The van der Waals surface area contributed by atoms with Gasteiger partial charge in [-0.2, -0.15) is 0 Å². The lowest BCUT2D eigenvalue weighted by Gasteiger charge is -2.19. The first-order valence-corrected chi connectivity index (χ1v) is 9.83. The fourth-order valence-electron chi connectivity index (χ4n) is 2.94. The lowest BCUT2D eigenvalue weighted by molar-refractivity contribution is -0.137. The Balaban J connectivity index is 1.92. The van der Waals surface area contributed by atoms with Crippen LogP contribution in [0.4, 0.5) is 0 Å². The number of thioether (sulfide) groups is 1. The Morgan fingerprint density at radius 3 is 3.17 bits per heavy atom. The molecule has 1 atom stereocenters. The molecule has 0 unspecified atom stereocenters. The minimum atomic E-state index is -0.267. The number of nitrogens with zero attached hydrogens (tertiary/aromatic N) is 3. The second-order valence-corrected chi connectivity index (χ2v) is 7.88. The van der Waals surface area contributed by atoms with Gasteiger partial charge < -0.3 is 4.74 Å². The highest BCUT2D eigenvalue weighted by atomic mass is 32.2. The molecule has 2 aromatic rings. The molecule has 0 radical (unpaired) electrons. The molecule has 24 heavy (non-hydrogen) atoms. The van der Waals surface area contributed by atoms with E-state index in [9.17, 15) is 4.79 Å². The molecule has 0 saturated carbocycles. The number of thiophene rings is 1. The van der Waals surface area contributed by atoms with E-state index in [0.717, 1.165) is 29.7 Å². The summed E-state index contributed by atoms with van der Waals surface area (Å²) in [6, 6.07) is 0. The van der Waals surface area contributed by atoms with E-state index in [-0.39, 0.29) is 11.7 Å². The van der Waals surface area contributed by atoms with Crippen LogP contribution in [0, 0.1) is 5.92 Å². The van der Waals surface area contributed by atoms with Gasteiger partial charge in [-0.3, -0.25) is 9.36 Å². The molecule has 0 N–H and O–H groups in total. The number of hydrogen-bond donors (Lipinski definition) is 0. The Hall–Kier alpha value is -1.60. The first-order valence-electron chi connectivity index (χ1n) is 7.97. The minimum absolute atomic E-state index is 0.227. The number of carbonyl (C=O) groups is 1. The first-order chi connectivity index (χ1) is 11.6. The van der Waals surface area contributed by atoms with Crippen LogP contribution < -0.4 is 0 Å². The van der Waals surface area contributed by atoms with Gasteiger partial charge in [-0.25, -0.2) is 0 Å². The zero-order valence-corrected chi connectivity index (χ0v) is 15.6. The highest BCUT2D eigenvalue weighted by molar-refractivity contribution is 7.99. The van der Waals surface area contributed by atoms with Crippen LogP contribution in [0.2, 0.25) is 0 Å². The molecule has 0 spiro atoms. The number of allylic oxidation sites excluding steroid dienone is 1. The Morgan fingerprint density at radius 1 is 1.58 bits per heavy atom. The molecule has 0 fully saturated rings. The predicted octanol–water partition coefficient (Wildman–Crippen LogP) is 3.58. The lowest BCUT2D eigenvalue weighted by atomic mass is 9.88. The molecule has 2 aromatic heterocycles. The molecular formula is C17H21N3O2S2. The average molecular weight is 364 g/mol. The first kappa shape index (κ1) is 17.2. The van der Waals surface area contributed by atoms with Crippen molar-refractivity contribution in [2.24, 2.45) is 5.92 Å². The standard InChI is InChI=1S/C17H21N3O2S2/c1-4-7-20-16(18-19-17(20)24-10-15(21)22-3)13-9-23-14-8-11(2)5-6-12(13)14/h4,9,11H,1,5-8,10H2,2-3H3/t11-/m0/s1. The Bertz CT molecular complexity index is 751. The predicted molar refractivity (Wildman–Crippen MR) is 97.5 cm³/mol. The number of fused-ring (bicyclic) bond motifs is 1. The van der Waals surface area contributed by atoms with E-state index >= 15 is 0 Å². The smallest absolute Gasteiger partial charge is 0.316 e. The topological polar surface area (TPSA) is 57.0 Å². The third-order valence-corrected chi connectivity index (χ3v) is 6.21. The summed E-state index contributed by atoms with van der Waals surface area (Å²) in [7, 11) is 1.39. The van der Waals surface area contributed by atoms with Crippen LogP contribution in [0.5, 0.6) is 0 Å². The Morgan fingerprint density at radius 2 is 2.42 bits per heavy atom. The zero-order chi connectivity index (χ0) is 17.1. The van der Waals surface area contributed by atoms with E-state index in [0.29, 0.717) is 6.54 Å². The molecule has 0 amide bonds. The van der Waals surface area contributed by atoms with Crippen LogP contribution in [0.3, 0.4) is 0 Å².